The van der Waals surface area contributed by atoms with Gasteiger partial charge in [0.15, 0.2) is 5.41 Å². The quantitative estimate of drug-likeness (QED) is 0.681. The number of carbonyl (C=O) groups is 2. The van der Waals surface area contributed by atoms with Gasteiger partial charge in [0, 0.05) is 13.1 Å². The van der Waals surface area contributed by atoms with Crippen molar-refractivity contribution < 1.29 is 19.4 Å². The van der Waals surface area contributed by atoms with Crippen LogP contribution in [0.25, 0.3) is 0 Å². The van der Waals surface area contributed by atoms with E-state index in [1.807, 2.05) is 6.07 Å². The van der Waals surface area contributed by atoms with Crippen molar-refractivity contribution in [1.82, 2.24) is 4.90 Å². The van der Waals surface area contributed by atoms with E-state index in [0.717, 1.165) is 0 Å². The van der Waals surface area contributed by atoms with E-state index in [1.54, 1.807) is 0 Å². The molecule has 1 fully saturated rings. The van der Waals surface area contributed by atoms with E-state index in [9.17, 15) is 9.59 Å². The average molecular weight is 212 g/mol. The first kappa shape index (κ1) is 11.3. The second kappa shape index (κ2) is 4.17. The van der Waals surface area contributed by atoms with Crippen molar-refractivity contribution in [3.05, 3.63) is 0 Å². The minimum absolute atomic E-state index is 0.147. The van der Waals surface area contributed by atoms with Crippen LogP contribution in [-0.4, -0.2) is 42.3 Å². The van der Waals surface area contributed by atoms with Gasteiger partial charge in [0.25, 0.3) is 0 Å². The van der Waals surface area contributed by atoms with Crippen molar-refractivity contribution in [2.24, 2.45) is 5.41 Å². The number of amides is 1. The van der Waals surface area contributed by atoms with Crippen LogP contribution in [-0.2, 0) is 9.53 Å². The van der Waals surface area contributed by atoms with Crippen LogP contribution >= 0.6 is 0 Å². The summed E-state index contributed by atoms with van der Waals surface area (Å²) in [5.74, 6) is -1.12. The van der Waals surface area contributed by atoms with Gasteiger partial charge in [-0.25, -0.2) is 4.79 Å². The lowest BCUT2D eigenvalue weighted by atomic mass is 9.80. The first-order valence-corrected chi connectivity index (χ1v) is 4.53. The number of likely N-dealkylation sites (tertiary alicyclic amines) is 1. The number of aliphatic carboxylic acids is 1. The fraction of sp³-hybridized carbons (Fsp3) is 0.667. The number of nitrogens with zero attached hydrogens (tertiary/aromatic N) is 2. The SMILES string of the molecule is COC(=O)N1CCC(C#N)(C(=O)O)CC1. The lowest BCUT2D eigenvalue weighted by Gasteiger charge is -2.33. The van der Waals surface area contributed by atoms with E-state index < -0.39 is 17.5 Å². The molecule has 0 radical (unpaired) electrons. The molecule has 1 rings (SSSR count). The number of piperidine rings is 1. The van der Waals surface area contributed by atoms with Crippen LogP contribution in [0.4, 0.5) is 4.79 Å². The Balaban J connectivity index is 2.66. The highest BCUT2D eigenvalue weighted by Crippen LogP contribution is 2.31. The van der Waals surface area contributed by atoms with Crippen LogP contribution in [0.2, 0.25) is 0 Å². The highest BCUT2D eigenvalue weighted by molar-refractivity contribution is 5.78. The standard InChI is InChI=1S/C9H12N2O4/c1-15-8(14)11-4-2-9(6-10,3-5-11)7(12)13/h2-5H2,1H3,(H,12,13). The Bertz CT molecular complexity index is 313. The second-order valence-electron chi connectivity index (χ2n) is 3.46. The third kappa shape index (κ3) is 2.01. The van der Waals surface area contributed by atoms with Gasteiger partial charge in [-0.05, 0) is 12.8 Å². The van der Waals surface area contributed by atoms with E-state index in [4.69, 9.17) is 10.4 Å². The maximum Gasteiger partial charge on any atom is 0.409 e. The Hall–Kier alpha value is -1.77. The number of carboxylic acid groups (broad SMARTS) is 1. The zero-order chi connectivity index (χ0) is 11.5. The molecule has 0 aromatic rings. The van der Waals surface area contributed by atoms with Crippen molar-refractivity contribution in [3.63, 3.8) is 0 Å². The summed E-state index contributed by atoms with van der Waals surface area (Å²) in [6.07, 6.45) is -0.186. The third-order valence-corrected chi connectivity index (χ3v) is 2.67. The van der Waals surface area contributed by atoms with E-state index in [1.165, 1.54) is 12.0 Å². The maximum atomic E-state index is 11.1. The molecule has 82 valence electrons. The topological polar surface area (TPSA) is 90.6 Å². The third-order valence-electron chi connectivity index (χ3n) is 2.67. The molecule has 1 aliphatic heterocycles. The van der Waals surface area contributed by atoms with E-state index >= 15 is 0 Å². The number of hydrogen-bond acceptors (Lipinski definition) is 4. The molecule has 0 bridgehead atoms. The van der Waals surface area contributed by atoms with Gasteiger partial charge in [0.2, 0.25) is 0 Å². The Labute approximate surface area is 87.0 Å². The van der Waals surface area contributed by atoms with Gasteiger partial charge in [-0.2, -0.15) is 5.26 Å². The maximum absolute atomic E-state index is 11.1. The molecule has 6 heteroatoms. The van der Waals surface area contributed by atoms with Crippen molar-refractivity contribution in [2.45, 2.75) is 12.8 Å². The Morgan fingerprint density at radius 3 is 2.33 bits per heavy atom. The van der Waals surface area contributed by atoms with Gasteiger partial charge in [0.1, 0.15) is 0 Å². The van der Waals surface area contributed by atoms with Gasteiger partial charge in [-0.3, -0.25) is 4.79 Å². The minimum atomic E-state index is -1.34. The molecule has 0 aliphatic carbocycles. The van der Waals surface area contributed by atoms with E-state index in [0.29, 0.717) is 0 Å². The molecule has 1 saturated heterocycles. The molecule has 6 nitrogen and oxygen atoms in total. The molecular formula is C9H12N2O4. The summed E-state index contributed by atoms with van der Waals surface area (Å²) in [5.41, 5.74) is -1.34. The van der Waals surface area contributed by atoms with Crippen molar-refractivity contribution in [1.29, 1.82) is 5.26 Å². The molecule has 15 heavy (non-hydrogen) atoms. The van der Waals surface area contributed by atoms with Gasteiger partial charge in [-0.15, -0.1) is 0 Å². The summed E-state index contributed by atoms with van der Waals surface area (Å²) in [7, 11) is 1.27. The number of nitriles is 1. The smallest absolute Gasteiger partial charge is 0.409 e. The fourth-order valence-corrected chi connectivity index (χ4v) is 1.57. The van der Waals surface area contributed by atoms with Crippen LogP contribution in [0.3, 0.4) is 0 Å². The zero-order valence-corrected chi connectivity index (χ0v) is 8.39. The van der Waals surface area contributed by atoms with Crippen LogP contribution < -0.4 is 0 Å². The average Bonchev–Trinajstić information content (AvgIpc) is 2.28. The van der Waals surface area contributed by atoms with Crippen LogP contribution in [0.1, 0.15) is 12.8 Å². The van der Waals surface area contributed by atoms with Crippen LogP contribution in [0, 0.1) is 16.7 Å². The Morgan fingerprint density at radius 2 is 2.00 bits per heavy atom. The van der Waals surface area contributed by atoms with Crippen LogP contribution in [0.15, 0.2) is 0 Å². The normalized spacial score (nSPS) is 19.1. The lowest BCUT2D eigenvalue weighted by Crippen LogP contribution is -2.45. The van der Waals surface area contributed by atoms with Crippen molar-refractivity contribution >= 4 is 12.1 Å². The zero-order valence-electron chi connectivity index (χ0n) is 8.39. The highest BCUT2D eigenvalue weighted by atomic mass is 16.5. The molecule has 1 amide bonds. The molecule has 1 N–H and O–H groups in total. The monoisotopic (exact) mass is 212 g/mol. The summed E-state index contributed by atoms with van der Waals surface area (Å²) in [5, 5.41) is 17.7. The number of hydrogen-bond donors (Lipinski definition) is 1. The first-order chi connectivity index (χ1) is 7.05. The van der Waals surface area contributed by atoms with Gasteiger partial charge in [0.05, 0.1) is 13.2 Å². The number of methoxy groups -OCH3 is 1. The Kier molecular flexibility index (Phi) is 3.14. The molecule has 0 aromatic carbocycles. The van der Waals surface area contributed by atoms with Gasteiger partial charge in [-0.1, -0.05) is 0 Å². The van der Waals surface area contributed by atoms with Gasteiger partial charge < -0.3 is 14.7 Å². The lowest BCUT2D eigenvalue weighted by molar-refractivity contribution is -0.147. The largest absolute Gasteiger partial charge is 0.480 e. The minimum Gasteiger partial charge on any atom is -0.480 e. The summed E-state index contributed by atoms with van der Waals surface area (Å²) >= 11 is 0. The molecule has 0 atom stereocenters. The molecule has 1 heterocycles. The summed E-state index contributed by atoms with van der Waals surface area (Å²) in [6, 6.07) is 1.82. The number of rotatable bonds is 1. The molecule has 0 unspecified atom stereocenters. The predicted octanol–water partition coefficient (Wildman–Crippen LogP) is 0.443. The number of carboxylic acids is 1. The summed E-state index contributed by atoms with van der Waals surface area (Å²) < 4.78 is 4.51. The van der Waals surface area contributed by atoms with Crippen molar-refractivity contribution in [3.8, 4) is 6.07 Å². The first-order valence-electron chi connectivity index (χ1n) is 4.53. The predicted molar refractivity (Wildman–Crippen MR) is 48.9 cm³/mol. The van der Waals surface area contributed by atoms with E-state index in [-0.39, 0.29) is 25.9 Å². The number of carbonyl (C=O) groups excluding carboxylic acids is 1. The molecule has 0 aromatic heterocycles. The molecule has 0 saturated carbocycles. The summed E-state index contributed by atoms with van der Waals surface area (Å²) in [6.45, 7) is 0.485. The molecule has 1 aliphatic rings. The molecular weight excluding hydrogens is 200 g/mol. The summed E-state index contributed by atoms with van der Waals surface area (Å²) in [4.78, 5) is 23.4. The second-order valence-corrected chi connectivity index (χ2v) is 3.46. The van der Waals surface area contributed by atoms with Gasteiger partial charge >= 0.3 is 12.1 Å². The van der Waals surface area contributed by atoms with E-state index in [2.05, 4.69) is 4.74 Å². The molecule has 0 spiro atoms. The van der Waals surface area contributed by atoms with Crippen molar-refractivity contribution in [2.75, 3.05) is 20.2 Å². The number of ether oxygens (including phenoxy) is 1. The highest BCUT2D eigenvalue weighted by Gasteiger charge is 2.43. The fourth-order valence-electron chi connectivity index (χ4n) is 1.57. The Morgan fingerprint density at radius 1 is 1.47 bits per heavy atom. The van der Waals surface area contributed by atoms with Crippen LogP contribution in [0.5, 0.6) is 0 Å².